The number of esters is 1. The maximum absolute atomic E-state index is 12.9. The SMILES string of the molecule is C[C@H](CCC(=O)OC(C)(C)C1CC[NH2+]CC1)[C@H]1CC[C@H]2[C@@H]3CC[C@@H]4CC(O)CC[C@]4(C)[C@H]3CC[C@]12C. The molecule has 9 atom stereocenters. The molecule has 4 aliphatic carbocycles. The minimum absolute atomic E-state index is 0.0237. The van der Waals surface area contributed by atoms with Crippen LogP contribution in [0.2, 0.25) is 0 Å². The highest BCUT2D eigenvalue weighted by molar-refractivity contribution is 5.69. The van der Waals surface area contributed by atoms with Crippen LogP contribution >= 0.6 is 0 Å². The van der Waals surface area contributed by atoms with Crippen LogP contribution in [0.25, 0.3) is 0 Å². The molecule has 5 aliphatic rings. The van der Waals surface area contributed by atoms with E-state index in [1.807, 2.05) is 0 Å². The molecule has 5 fully saturated rings. The van der Waals surface area contributed by atoms with Gasteiger partial charge in [-0.2, -0.15) is 0 Å². The molecule has 0 radical (unpaired) electrons. The normalized spacial score (nSPS) is 44.3. The minimum atomic E-state index is -0.332. The average Bonchev–Trinajstić information content (AvgIpc) is 3.20. The summed E-state index contributed by atoms with van der Waals surface area (Å²) in [6.45, 7) is 14.2. The second-order valence-corrected chi connectivity index (χ2v) is 15.0. The second-order valence-electron chi connectivity index (χ2n) is 15.0. The number of quaternary nitrogens is 1. The van der Waals surface area contributed by atoms with Gasteiger partial charge in [-0.25, -0.2) is 0 Å². The van der Waals surface area contributed by atoms with Crippen LogP contribution < -0.4 is 5.32 Å². The van der Waals surface area contributed by atoms with Crippen molar-refractivity contribution in [3.63, 3.8) is 0 Å². The summed E-state index contributed by atoms with van der Waals surface area (Å²) in [5.41, 5.74) is 0.571. The van der Waals surface area contributed by atoms with Crippen molar-refractivity contribution in [2.75, 3.05) is 13.1 Å². The van der Waals surface area contributed by atoms with Gasteiger partial charge in [0.15, 0.2) is 0 Å². The van der Waals surface area contributed by atoms with Crippen molar-refractivity contribution in [1.82, 2.24) is 0 Å². The van der Waals surface area contributed by atoms with E-state index in [1.165, 1.54) is 44.9 Å². The first kappa shape index (κ1) is 27.0. The van der Waals surface area contributed by atoms with E-state index in [4.69, 9.17) is 4.74 Å². The number of carbonyl (C=O) groups excluding carboxylic acids is 1. The quantitative estimate of drug-likeness (QED) is 0.457. The predicted molar refractivity (Wildman–Crippen MR) is 144 cm³/mol. The van der Waals surface area contributed by atoms with E-state index in [9.17, 15) is 9.90 Å². The summed E-state index contributed by atoms with van der Waals surface area (Å²) in [6.07, 6.45) is 15.3. The van der Waals surface area contributed by atoms with E-state index in [1.54, 1.807) is 0 Å². The fourth-order valence-corrected chi connectivity index (χ4v) is 10.8. The first-order valence-electron chi connectivity index (χ1n) is 15.8. The van der Waals surface area contributed by atoms with Crippen molar-refractivity contribution < 1.29 is 20.0 Å². The van der Waals surface area contributed by atoms with E-state index in [0.29, 0.717) is 29.1 Å². The standard InChI is InChI=1S/C32H55NO3/c1-21(6-11-29(35)36-30(2,3)22-14-18-33-19-15-22)26-9-10-27-25-8-7-23-20-24(34)12-16-31(23,4)28(25)13-17-32(26,27)5/h21-28,33-34H,6-20H2,1-5H3/p+1/t21-,23-,24?,25+,26-,27+,28+,31+,32-/m1/s1. The van der Waals surface area contributed by atoms with Gasteiger partial charge in [0.25, 0.3) is 0 Å². The van der Waals surface area contributed by atoms with Gasteiger partial charge in [-0.05, 0) is 124 Å². The molecular formula is C32H56NO3+. The number of aliphatic hydroxyl groups is 1. The highest BCUT2D eigenvalue weighted by atomic mass is 16.6. The number of rotatable bonds is 6. The molecule has 0 spiro atoms. The van der Waals surface area contributed by atoms with Crippen molar-refractivity contribution >= 4 is 5.97 Å². The molecule has 4 saturated carbocycles. The predicted octanol–water partition coefficient (Wildman–Crippen LogP) is 5.72. The second kappa shape index (κ2) is 10.2. The van der Waals surface area contributed by atoms with Gasteiger partial charge in [-0.15, -0.1) is 0 Å². The summed E-state index contributed by atoms with van der Waals surface area (Å²) < 4.78 is 6.09. The van der Waals surface area contributed by atoms with Gasteiger partial charge in [-0.3, -0.25) is 4.79 Å². The number of hydrogen-bond donors (Lipinski definition) is 2. The molecule has 1 heterocycles. The van der Waals surface area contributed by atoms with Crippen molar-refractivity contribution in [3.8, 4) is 0 Å². The zero-order valence-corrected chi connectivity index (χ0v) is 24.1. The Hall–Kier alpha value is -0.610. The lowest BCUT2D eigenvalue weighted by Gasteiger charge is -2.61. The first-order chi connectivity index (χ1) is 17.0. The third-order valence-electron chi connectivity index (χ3n) is 13.0. The summed E-state index contributed by atoms with van der Waals surface area (Å²) in [5, 5.41) is 12.7. The molecule has 1 unspecified atom stereocenters. The van der Waals surface area contributed by atoms with Crippen LogP contribution in [-0.4, -0.2) is 35.9 Å². The van der Waals surface area contributed by atoms with Crippen LogP contribution in [0.4, 0.5) is 0 Å². The molecule has 0 aromatic carbocycles. The number of piperidine rings is 1. The molecule has 1 saturated heterocycles. The number of hydrogen-bond acceptors (Lipinski definition) is 3. The molecule has 36 heavy (non-hydrogen) atoms. The van der Waals surface area contributed by atoms with Gasteiger partial charge < -0.3 is 15.2 Å². The molecule has 3 N–H and O–H groups in total. The van der Waals surface area contributed by atoms with E-state index >= 15 is 0 Å². The largest absolute Gasteiger partial charge is 0.459 e. The Bertz CT molecular complexity index is 790. The molecule has 206 valence electrons. The van der Waals surface area contributed by atoms with Crippen molar-refractivity contribution in [2.45, 2.75) is 130 Å². The molecule has 0 aromatic heterocycles. The third kappa shape index (κ3) is 4.80. The van der Waals surface area contributed by atoms with Gasteiger partial charge in [0, 0.05) is 25.2 Å². The van der Waals surface area contributed by atoms with Gasteiger partial charge in [-0.1, -0.05) is 20.8 Å². The monoisotopic (exact) mass is 502 g/mol. The van der Waals surface area contributed by atoms with Crippen LogP contribution in [0.3, 0.4) is 0 Å². The molecule has 1 aliphatic heterocycles. The topological polar surface area (TPSA) is 63.1 Å². The Morgan fingerprint density at radius 1 is 0.972 bits per heavy atom. The lowest BCUT2D eigenvalue weighted by molar-refractivity contribution is -0.665. The summed E-state index contributed by atoms with van der Waals surface area (Å²) >= 11 is 0. The van der Waals surface area contributed by atoms with E-state index in [2.05, 4.69) is 39.9 Å². The molecule has 4 heteroatoms. The zero-order valence-electron chi connectivity index (χ0n) is 24.1. The number of carbonyl (C=O) groups is 1. The number of ether oxygens (including phenoxy) is 1. The van der Waals surface area contributed by atoms with Gasteiger partial charge in [0.2, 0.25) is 0 Å². The molecule has 4 nitrogen and oxygen atoms in total. The lowest BCUT2D eigenvalue weighted by Crippen LogP contribution is -2.86. The maximum Gasteiger partial charge on any atom is 0.306 e. The molecule has 0 amide bonds. The third-order valence-corrected chi connectivity index (χ3v) is 13.0. The van der Waals surface area contributed by atoms with Crippen LogP contribution in [0.5, 0.6) is 0 Å². The van der Waals surface area contributed by atoms with Crippen LogP contribution in [0.1, 0.15) is 118 Å². The highest BCUT2D eigenvalue weighted by Crippen LogP contribution is 2.68. The smallest absolute Gasteiger partial charge is 0.306 e. The van der Waals surface area contributed by atoms with Crippen LogP contribution in [-0.2, 0) is 9.53 Å². The van der Waals surface area contributed by atoms with E-state index in [-0.39, 0.29) is 17.7 Å². The van der Waals surface area contributed by atoms with Crippen LogP contribution in [0.15, 0.2) is 0 Å². The number of aliphatic hydroxyl groups excluding tert-OH is 1. The Balaban J connectivity index is 1.18. The van der Waals surface area contributed by atoms with E-state index in [0.717, 1.165) is 74.8 Å². The molecule has 5 rings (SSSR count). The van der Waals surface area contributed by atoms with Crippen molar-refractivity contribution in [1.29, 1.82) is 0 Å². The minimum Gasteiger partial charge on any atom is -0.459 e. The Morgan fingerprint density at radius 2 is 1.67 bits per heavy atom. The summed E-state index contributed by atoms with van der Waals surface area (Å²) in [7, 11) is 0. The Morgan fingerprint density at radius 3 is 2.42 bits per heavy atom. The van der Waals surface area contributed by atoms with Gasteiger partial charge in [0.1, 0.15) is 5.60 Å². The molecule has 0 bridgehead atoms. The Labute approximate surface area is 221 Å². The lowest BCUT2D eigenvalue weighted by atomic mass is 9.44. The maximum atomic E-state index is 12.9. The highest BCUT2D eigenvalue weighted by Gasteiger charge is 2.60. The van der Waals surface area contributed by atoms with Crippen LogP contribution in [0, 0.1) is 52.3 Å². The Kier molecular flexibility index (Phi) is 7.62. The average molecular weight is 503 g/mol. The summed E-state index contributed by atoms with van der Waals surface area (Å²) in [6, 6.07) is 0. The molecular weight excluding hydrogens is 446 g/mol. The van der Waals surface area contributed by atoms with Crippen molar-refractivity contribution in [2.24, 2.45) is 52.3 Å². The van der Waals surface area contributed by atoms with Gasteiger partial charge in [0.05, 0.1) is 19.2 Å². The zero-order chi connectivity index (χ0) is 25.7. The number of nitrogens with two attached hydrogens (primary N) is 1. The molecule has 0 aromatic rings. The fourth-order valence-electron chi connectivity index (χ4n) is 10.8. The first-order valence-corrected chi connectivity index (χ1v) is 15.8. The summed E-state index contributed by atoms with van der Waals surface area (Å²) in [4.78, 5) is 12.9. The van der Waals surface area contributed by atoms with Gasteiger partial charge >= 0.3 is 5.97 Å². The fraction of sp³-hybridized carbons (Fsp3) is 0.969. The van der Waals surface area contributed by atoms with E-state index < -0.39 is 0 Å². The summed E-state index contributed by atoms with van der Waals surface area (Å²) in [5.74, 6) is 5.22. The van der Waals surface area contributed by atoms with Crippen molar-refractivity contribution in [3.05, 3.63) is 0 Å². The number of fused-ring (bicyclic) bond motifs is 5.